The highest BCUT2D eigenvalue weighted by Gasteiger charge is 2.15. The van der Waals surface area contributed by atoms with Crippen LogP contribution in [0, 0.1) is 0 Å². The zero-order valence-electron chi connectivity index (χ0n) is 10.4. The van der Waals surface area contributed by atoms with Crippen LogP contribution < -0.4 is 0 Å². The second-order valence-corrected chi connectivity index (χ2v) is 3.49. The van der Waals surface area contributed by atoms with Crippen molar-refractivity contribution in [3.8, 4) is 0 Å². The Morgan fingerprint density at radius 2 is 1.32 bits per heavy atom. The van der Waals surface area contributed by atoms with Gasteiger partial charge in [-0.3, -0.25) is 0 Å². The van der Waals surface area contributed by atoms with Crippen molar-refractivity contribution in [2.24, 2.45) is 0 Å². The van der Waals surface area contributed by atoms with E-state index in [1.807, 2.05) is 0 Å². The van der Waals surface area contributed by atoms with Crippen molar-refractivity contribution in [1.29, 1.82) is 0 Å². The highest BCUT2D eigenvalue weighted by atomic mass is 17.2. The van der Waals surface area contributed by atoms with Crippen molar-refractivity contribution < 1.29 is 43.8 Å². The second-order valence-electron chi connectivity index (χ2n) is 3.49. The lowest BCUT2D eigenvalue weighted by Gasteiger charge is -2.04. The van der Waals surface area contributed by atoms with Gasteiger partial charge in [-0.1, -0.05) is 0 Å². The van der Waals surface area contributed by atoms with Crippen LogP contribution in [0.5, 0.6) is 0 Å². The highest BCUT2D eigenvalue weighted by Crippen LogP contribution is 1.99. The molecule has 0 spiro atoms. The lowest BCUT2D eigenvalue weighted by Crippen LogP contribution is -2.17. The van der Waals surface area contributed by atoms with Crippen molar-refractivity contribution in [3.63, 3.8) is 0 Å². The van der Waals surface area contributed by atoms with Crippen molar-refractivity contribution in [2.45, 2.75) is 39.2 Å². The van der Waals surface area contributed by atoms with Crippen LogP contribution >= 0.6 is 0 Å². The molecule has 0 rings (SSSR count). The Morgan fingerprint density at radius 1 is 0.895 bits per heavy atom. The third kappa shape index (κ3) is 10.7. The van der Waals surface area contributed by atoms with Crippen LogP contribution in [0.1, 0.15) is 33.1 Å². The fourth-order valence-corrected chi connectivity index (χ4v) is 0.761. The van der Waals surface area contributed by atoms with E-state index in [0.29, 0.717) is 0 Å². The fourth-order valence-electron chi connectivity index (χ4n) is 0.761. The maximum atomic E-state index is 11.0. The molecule has 0 bridgehead atoms. The Kier molecular flexibility index (Phi) is 7.85. The third-order valence-corrected chi connectivity index (χ3v) is 1.47. The van der Waals surface area contributed by atoms with E-state index in [-0.39, 0.29) is 6.42 Å². The topological polar surface area (TPSA) is 125 Å². The molecule has 0 fully saturated rings. The largest absolute Gasteiger partial charge is 0.393 e. The maximum Gasteiger partial charge on any atom is 0.358 e. The molecule has 1 unspecified atom stereocenters. The molecule has 0 aromatic rings. The molecule has 9 heteroatoms. The minimum atomic E-state index is -0.987. The van der Waals surface area contributed by atoms with Crippen molar-refractivity contribution in [3.05, 3.63) is 0 Å². The average Bonchev–Trinajstić information content (AvgIpc) is 2.30. The summed E-state index contributed by atoms with van der Waals surface area (Å²) in [4.78, 5) is 59.1. The normalized spacial score (nSPS) is 11.1. The van der Waals surface area contributed by atoms with E-state index in [2.05, 4.69) is 19.6 Å². The van der Waals surface area contributed by atoms with E-state index >= 15 is 0 Å². The lowest BCUT2D eigenvalue weighted by molar-refractivity contribution is -0.263. The number of aliphatic hydroxyl groups is 1. The zero-order chi connectivity index (χ0) is 14.8. The van der Waals surface area contributed by atoms with Crippen LogP contribution in [0.15, 0.2) is 0 Å². The van der Waals surface area contributed by atoms with Gasteiger partial charge in [0.15, 0.2) is 0 Å². The smallest absolute Gasteiger partial charge is 0.358 e. The molecule has 1 atom stereocenters. The molecular weight excluding hydrogens is 264 g/mol. The monoisotopic (exact) mass is 278 g/mol. The summed E-state index contributed by atoms with van der Waals surface area (Å²) in [5.41, 5.74) is 0. The molecule has 9 nitrogen and oxygen atoms in total. The molecule has 0 aromatic carbocycles. The number of hydrogen-bond acceptors (Lipinski definition) is 9. The molecule has 0 saturated carbocycles. The number of hydrogen-bond donors (Lipinski definition) is 1. The van der Waals surface area contributed by atoms with E-state index in [1.54, 1.807) is 0 Å². The van der Waals surface area contributed by atoms with Crippen LogP contribution in [0.4, 0.5) is 0 Å². The SMILES string of the molecule is CC(=O)OOC(=O)CCC(=O)OOC(=O)CC(C)O. The summed E-state index contributed by atoms with van der Waals surface area (Å²) in [5.74, 6) is -3.69. The molecular formula is C10H14O9. The van der Waals surface area contributed by atoms with Crippen LogP contribution in [0.25, 0.3) is 0 Å². The molecule has 0 radical (unpaired) electrons. The van der Waals surface area contributed by atoms with Crippen molar-refractivity contribution in [2.75, 3.05) is 0 Å². The minimum Gasteiger partial charge on any atom is -0.393 e. The zero-order valence-corrected chi connectivity index (χ0v) is 10.4. The molecule has 0 aliphatic rings. The molecule has 108 valence electrons. The van der Waals surface area contributed by atoms with Gasteiger partial charge >= 0.3 is 23.9 Å². The molecule has 0 aromatic heterocycles. The van der Waals surface area contributed by atoms with Crippen LogP contribution in [-0.4, -0.2) is 35.1 Å². The Hall–Kier alpha value is -2.16. The second kappa shape index (κ2) is 8.86. The first-order valence-corrected chi connectivity index (χ1v) is 5.27. The van der Waals surface area contributed by atoms with E-state index in [0.717, 1.165) is 6.92 Å². The number of aliphatic hydroxyl groups excluding tert-OH is 1. The Labute approximate surface area is 108 Å². The summed E-state index contributed by atoms with van der Waals surface area (Å²) < 4.78 is 0. The van der Waals surface area contributed by atoms with E-state index in [9.17, 15) is 19.2 Å². The first kappa shape index (κ1) is 16.8. The van der Waals surface area contributed by atoms with Crippen LogP contribution in [0.3, 0.4) is 0 Å². The van der Waals surface area contributed by atoms with Gasteiger partial charge in [0.25, 0.3) is 0 Å². The quantitative estimate of drug-likeness (QED) is 0.526. The predicted octanol–water partition coefficient (Wildman–Crippen LogP) is -0.440. The van der Waals surface area contributed by atoms with Gasteiger partial charge in [0.2, 0.25) is 0 Å². The van der Waals surface area contributed by atoms with Crippen LogP contribution in [-0.2, 0) is 38.7 Å². The minimum absolute atomic E-state index is 0.332. The summed E-state index contributed by atoms with van der Waals surface area (Å²) in [6.45, 7) is 2.39. The Morgan fingerprint density at radius 3 is 1.74 bits per heavy atom. The number of carbonyl (C=O) groups excluding carboxylic acids is 4. The first-order chi connectivity index (χ1) is 8.81. The molecule has 0 heterocycles. The third-order valence-electron chi connectivity index (χ3n) is 1.47. The Bertz CT molecular complexity index is 347. The summed E-state index contributed by atoms with van der Waals surface area (Å²) in [6, 6.07) is 0. The maximum absolute atomic E-state index is 11.0. The summed E-state index contributed by atoms with van der Waals surface area (Å²) >= 11 is 0. The lowest BCUT2D eigenvalue weighted by atomic mass is 10.3. The van der Waals surface area contributed by atoms with Gasteiger partial charge in [-0.2, -0.15) is 0 Å². The van der Waals surface area contributed by atoms with Gasteiger partial charge in [-0.15, -0.1) is 0 Å². The van der Waals surface area contributed by atoms with Crippen LogP contribution in [0.2, 0.25) is 0 Å². The molecule has 0 aliphatic heterocycles. The molecule has 0 saturated heterocycles. The van der Waals surface area contributed by atoms with Crippen molar-refractivity contribution in [1.82, 2.24) is 0 Å². The van der Waals surface area contributed by atoms with Gasteiger partial charge in [0, 0.05) is 6.92 Å². The standard InChI is InChI=1S/C10H14O9/c1-6(11)5-10(15)19-18-9(14)4-3-8(13)17-16-7(2)12/h6,11H,3-5H2,1-2H3. The predicted molar refractivity (Wildman–Crippen MR) is 55.6 cm³/mol. The van der Waals surface area contributed by atoms with Gasteiger partial charge in [-0.05, 0) is 6.92 Å². The van der Waals surface area contributed by atoms with E-state index in [4.69, 9.17) is 5.11 Å². The average molecular weight is 278 g/mol. The molecule has 19 heavy (non-hydrogen) atoms. The highest BCUT2D eigenvalue weighted by molar-refractivity contribution is 5.78. The van der Waals surface area contributed by atoms with Gasteiger partial charge in [0.05, 0.1) is 25.4 Å². The number of rotatable bonds is 5. The molecule has 1 N–H and O–H groups in total. The molecule has 0 amide bonds. The van der Waals surface area contributed by atoms with Gasteiger partial charge < -0.3 is 5.11 Å². The summed E-state index contributed by atoms with van der Waals surface area (Å²) in [6.07, 6.45) is -2.10. The van der Waals surface area contributed by atoms with E-state index < -0.39 is 42.8 Å². The van der Waals surface area contributed by atoms with Gasteiger partial charge in [-0.25, -0.2) is 38.7 Å². The van der Waals surface area contributed by atoms with E-state index in [1.165, 1.54) is 6.92 Å². The summed E-state index contributed by atoms with van der Waals surface area (Å²) in [7, 11) is 0. The van der Waals surface area contributed by atoms with Gasteiger partial charge in [0.1, 0.15) is 0 Å². The molecule has 0 aliphatic carbocycles. The number of carbonyl (C=O) groups is 4. The van der Waals surface area contributed by atoms with Crippen molar-refractivity contribution >= 4 is 23.9 Å². The summed E-state index contributed by atoms with van der Waals surface area (Å²) in [5, 5.41) is 8.82. The Balaban J connectivity index is 3.72. The fraction of sp³-hybridized carbons (Fsp3) is 0.600. The first-order valence-electron chi connectivity index (χ1n) is 5.27.